The highest BCUT2D eigenvalue weighted by atomic mass is 35.5. The predicted octanol–water partition coefficient (Wildman–Crippen LogP) is 5.06. The number of halogens is 3. The van der Waals surface area contributed by atoms with E-state index >= 15 is 0 Å². The lowest BCUT2D eigenvalue weighted by molar-refractivity contribution is -0.132. The summed E-state index contributed by atoms with van der Waals surface area (Å²) in [6.07, 6.45) is 3.85. The number of hydrogen-bond donors (Lipinski definition) is 2. The number of fused-ring (bicyclic) bond motifs is 1. The van der Waals surface area contributed by atoms with Gasteiger partial charge in [-0.15, -0.1) is 0 Å². The molecular weight excluding hydrogens is 513 g/mol. The standard InChI is InChI=1S/C15H23Cl2N3O.C10H7ClO3/c1-21-13-5-4-12(14(16)15(13)17)20-10-8-19(9-11-20)7-3-2-6-18;11-8-1-2-9-6(4-8)3-7(5-14-9)10(12)13/h4-5H,2-3,6-11,18H2,1H3;1-4H,5H2,(H,12,13). The van der Waals surface area contributed by atoms with Gasteiger partial charge in [0.05, 0.1) is 23.4 Å². The molecule has 7 nitrogen and oxygen atoms in total. The van der Waals surface area contributed by atoms with Crippen molar-refractivity contribution in [1.82, 2.24) is 4.90 Å². The van der Waals surface area contributed by atoms with Crippen LogP contribution in [0.3, 0.4) is 0 Å². The molecule has 2 aliphatic heterocycles. The summed E-state index contributed by atoms with van der Waals surface area (Å²) in [5.74, 6) is 0.320. The lowest BCUT2D eigenvalue weighted by Crippen LogP contribution is -2.46. The third kappa shape index (κ3) is 7.41. The Balaban J connectivity index is 0.000000211. The number of ether oxygens (including phenoxy) is 2. The first-order valence-corrected chi connectivity index (χ1v) is 12.5. The van der Waals surface area contributed by atoms with E-state index in [4.69, 9.17) is 55.1 Å². The second-order valence-corrected chi connectivity index (χ2v) is 9.38. The second-order valence-electron chi connectivity index (χ2n) is 8.18. The normalized spacial score (nSPS) is 15.3. The maximum atomic E-state index is 10.7. The van der Waals surface area contributed by atoms with Crippen LogP contribution in [0.15, 0.2) is 35.9 Å². The van der Waals surface area contributed by atoms with Crippen molar-refractivity contribution >= 4 is 52.5 Å². The minimum absolute atomic E-state index is 0.101. The second kappa shape index (κ2) is 13.2. The number of carboxylic acids is 1. The Hall–Kier alpha value is -2.16. The molecule has 4 rings (SSSR count). The summed E-state index contributed by atoms with van der Waals surface area (Å²) in [6.45, 7) is 6.02. The molecule has 2 aromatic rings. The van der Waals surface area contributed by atoms with Gasteiger partial charge >= 0.3 is 5.97 Å². The number of unbranched alkanes of at least 4 members (excludes halogenated alkanes) is 1. The summed E-state index contributed by atoms with van der Waals surface area (Å²) >= 11 is 18.4. The summed E-state index contributed by atoms with van der Waals surface area (Å²) in [4.78, 5) is 15.4. The van der Waals surface area contributed by atoms with Crippen LogP contribution in [0.25, 0.3) is 6.08 Å². The van der Waals surface area contributed by atoms with E-state index < -0.39 is 5.97 Å². The Bertz CT molecular complexity index is 1060. The van der Waals surface area contributed by atoms with Crippen LogP contribution in [0.2, 0.25) is 15.1 Å². The molecule has 1 saturated heterocycles. The number of carbonyl (C=O) groups is 1. The van der Waals surface area contributed by atoms with Crippen LogP contribution in [0, 0.1) is 0 Å². The fraction of sp³-hybridized carbons (Fsp3) is 0.400. The Morgan fingerprint density at radius 2 is 1.83 bits per heavy atom. The van der Waals surface area contributed by atoms with Crippen molar-refractivity contribution in [1.29, 1.82) is 0 Å². The molecule has 0 atom stereocenters. The van der Waals surface area contributed by atoms with Gasteiger partial charge in [0.15, 0.2) is 0 Å². The van der Waals surface area contributed by atoms with Crippen LogP contribution >= 0.6 is 34.8 Å². The number of aliphatic carboxylic acids is 1. The summed E-state index contributed by atoms with van der Waals surface area (Å²) < 4.78 is 10.4. The van der Waals surface area contributed by atoms with Gasteiger partial charge in [0.1, 0.15) is 23.1 Å². The van der Waals surface area contributed by atoms with E-state index in [2.05, 4.69) is 9.80 Å². The maximum Gasteiger partial charge on any atom is 0.335 e. The van der Waals surface area contributed by atoms with Gasteiger partial charge in [0, 0.05) is 36.8 Å². The first-order chi connectivity index (χ1) is 16.8. The van der Waals surface area contributed by atoms with Gasteiger partial charge in [-0.2, -0.15) is 0 Å². The molecular formula is C25H30Cl3N3O4. The Labute approximate surface area is 220 Å². The summed E-state index contributed by atoms with van der Waals surface area (Å²) in [7, 11) is 1.59. The molecule has 10 heteroatoms. The summed E-state index contributed by atoms with van der Waals surface area (Å²) in [5.41, 5.74) is 7.47. The highest BCUT2D eigenvalue weighted by Crippen LogP contribution is 2.39. The van der Waals surface area contributed by atoms with Crippen molar-refractivity contribution in [2.24, 2.45) is 5.73 Å². The summed E-state index contributed by atoms with van der Waals surface area (Å²) in [5, 5.41) is 10.4. The van der Waals surface area contributed by atoms with E-state index in [1.54, 1.807) is 31.4 Å². The zero-order valence-corrected chi connectivity index (χ0v) is 21.9. The molecule has 3 N–H and O–H groups in total. The SMILES string of the molecule is COc1ccc(N2CCN(CCCCN)CC2)c(Cl)c1Cl.O=C(O)C1=Cc2cc(Cl)ccc2OC1. The van der Waals surface area contributed by atoms with Crippen molar-refractivity contribution < 1.29 is 19.4 Å². The average molecular weight is 543 g/mol. The molecule has 0 bridgehead atoms. The van der Waals surface area contributed by atoms with Crippen LogP contribution in [-0.4, -0.2) is 69.0 Å². The molecule has 0 saturated carbocycles. The smallest absolute Gasteiger partial charge is 0.335 e. The van der Waals surface area contributed by atoms with Gasteiger partial charge in [0.25, 0.3) is 0 Å². The number of benzene rings is 2. The van der Waals surface area contributed by atoms with Crippen molar-refractivity contribution in [2.75, 3.05) is 57.9 Å². The van der Waals surface area contributed by atoms with Gasteiger partial charge in [-0.25, -0.2) is 4.79 Å². The van der Waals surface area contributed by atoms with Crippen LogP contribution in [0.5, 0.6) is 11.5 Å². The molecule has 2 aliphatic rings. The molecule has 1 fully saturated rings. The van der Waals surface area contributed by atoms with Crippen LogP contribution in [0.4, 0.5) is 5.69 Å². The van der Waals surface area contributed by atoms with Crippen molar-refractivity contribution in [2.45, 2.75) is 12.8 Å². The molecule has 0 amide bonds. The number of rotatable bonds is 7. The molecule has 2 aromatic carbocycles. The van der Waals surface area contributed by atoms with E-state index in [1.807, 2.05) is 12.1 Å². The van der Waals surface area contributed by atoms with Crippen LogP contribution in [-0.2, 0) is 4.79 Å². The van der Waals surface area contributed by atoms with Gasteiger partial charge < -0.3 is 25.2 Å². The lowest BCUT2D eigenvalue weighted by atomic mass is 10.1. The van der Waals surface area contributed by atoms with Gasteiger partial charge in [-0.05, 0) is 62.3 Å². The molecule has 0 aliphatic carbocycles. The number of carboxylic acid groups (broad SMARTS) is 1. The molecule has 35 heavy (non-hydrogen) atoms. The fourth-order valence-corrected chi connectivity index (χ4v) is 4.58. The largest absolute Gasteiger partial charge is 0.495 e. The third-order valence-corrected chi connectivity index (χ3v) is 6.94. The average Bonchev–Trinajstić information content (AvgIpc) is 2.86. The Morgan fingerprint density at radius 1 is 1.09 bits per heavy atom. The number of nitrogens with zero attached hydrogens (tertiary/aromatic N) is 2. The van der Waals surface area contributed by atoms with Crippen LogP contribution in [0.1, 0.15) is 18.4 Å². The number of hydrogen-bond acceptors (Lipinski definition) is 6. The first kappa shape index (κ1) is 27.4. The minimum atomic E-state index is -0.962. The minimum Gasteiger partial charge on any atom is -0.495 e. The molecule has 2 heterocycles. The molecule has 0 spiro atoms. The zero-order valence-electron chi connectivity index (χ0n) is 19.6. The zero-order chi connectivity index (χ0) is 25.4. The molecule has 0 unspecified atom stereocenters. The lowest BCUT2D eigenvalue weighted by Gasteiger charge is -2.36. The predicted molar refractivity (Wildman–Crippen MR) is 143 cm³/mol. The van der Waals surface area contributed by atoms with Crippen molar-refractivity contribution in [3.63, 3.8) is 0 Å². The topological polar surface area (TPSA) is 88.3 Å². The van der Waals surface area contributed by atoms with Gasteiger partial charge in [0.2, 0.25) is 0 Å². The van der Waals surface area contributed by atoms with E-state index in [1.165, 1.54) is 6.42 Å². The van der Waals surface area contributed by atoms with E-state index in [9.17, 15) is 4.79 Å². The van der Waals surface area contributed by atoms with Gasteiger partial charge in [-0.3, -0.25) is 4.90 Å². The molecule has 0 radical (unpaired) electrons. The molecule has 190 valence electrons. The van der Waals surface area contributed by atoms with Crippen molar-refractivity contribution in [3.8, 4) is 11.5 Å². The molecule has 0 aromatic heterocycles. The van der Waals surface area contributed by atoms with E-state index in [0.29, 0.717) is 32.1 Å². The van der Waals surface area contributed by atoms with Gasteiger partial charge in [-0.1, -0.05) is 34.8 Å². The number of methoxy groups -OCH3 is 1. The highest BCUT2D eigenvalue weighted by molar-refractivity contribution is 6.44. The quantitative estimate of drug-likeness (QED) is 0.473. The van der Waals surface area contributed by atoms with Crippen molar-refractivity contribution in [3.05, 3.63) is 56.5 Å². The van der Waals surface area contributed by atoms with E-state index in [0.717, 1.165) is 51.4 Å². The highest BCUT2D eigenvalue weighted by Gasteiger charge is 2.21. The van der Waals surface area contributed by atoms with Crippen LogP contribution < -0.4 is 20.1 Å². The first-order valence-electron chi connectivity index (χ1n) is 11.4. The Kier molecular flexibility index (Phi) is 10.4. The summed E-state index contributed by atoms with van der Waals surface area (Å²) in [6, 6.07) is 8.97. The number of nitrogens with two attached hydrogens (primary N) is 1. The fourth-order valence-electron chi connectivity index (χ4n) is 3.89. The van der Waals surface area contributed by atoms with E-state index in [-0.39, 0.29) is 12.2 Å². The number of anilines is 1. The maximum absolute atomic E-state index is 10.7. The monoisotopic (exact) mass is 541 g/mol. The third-order valence-electron chi connectivity index (χ3n) is 5.85. The number of piperazine rings is 1. The Morgan fingerprint density at radius 3 is 2.49 bits per heavy atom.